The van der Waals surface area contributed by atoms with Crippen molar-refractivity contribution in [3.63, 3.8) is 0 Å². The number of aromatic nitrogens is 4. The van der Waals surface area contributed by atoms with Crippen LogP contribution >= 0.6 is 11.8 Å². The minimum Gasteiger partial charge on any atom is -0.392 e. The summed E-state index contributed by atoms with van der Waals surface area (Å²) in [6.45, 7) is -0.200. The largest absolute Gasteiger partial charge is 0.392 e. The molecule has 7 heteroatoms. The van der Waals surface area contributed by atoms with Crippen LogP contribution in [0.5, 0.6) is 0 Å². The molecule has 0 fully saturated rings. The third kappa shape index (κ3) is 2.42. The Morgan fingerprint density at radius 2 is 2.11 bits per heavy atom. The van der Waals surface area contributed by atoms with Crippen molar-refractivity contribution >= 4 is 22.9 Å². The predicted molar refractivity (Wildman–Crippen MR) is 68.1 cm³/mol. The number of halogens is 1. The molecular formula is C12H9FN4OS. The van der Waals surface area contributed by atoms with Crippen molar-refractivity contribution in [2.75, 3.05) is 0 Å². The van der Waals surface area contributed by atoms with Crippen LogP contribution < -0.4 is 0 Å². The number of aliphatic hydroxyl groups is 1. The third-order valence-corrected chi connectivity index (χ3v) is 3.49. The van der Waals surface area contributed by atoms with Crippen molar-refractivity contribution in [2.45, 2.75) is 16.5 Å². The van der Waals surface area contributed by atoms with Gasteiger partial charge in [-0.15, -0.1) is 0 Å². The number of H-pyrrole nitrogens is 1. The van der Waals surface area contributed by atoms with Gasteiger partial charge in [0.25, 0.3) is 0 Å². The van der Waals surface area contributed by atoms with Crippen LogP contribution in [0.2, 0.25) is 0 Å². The summed E-state index contributed by atoms with van der Waals surface area (Å²) < 4.78 is 13.4. The van der Waals surface area contributed by atoms with E-state index in [0.29, 0.717) is 26.6 Å². The minimum absolute atomic E-state index is 0.200. The number of aliphatic hydroxyl groups excluding tert-OH is 1. The van der Waals surface area contributed by atoms with Gasteiger partial charge >= 0.3 is 0 Å². The van der Waals surface area contributed by atoms with Crippen LogP contribution in [0.4, 0.5) is 4.39 Å². The number of imidazole rings is 1. The summed E-state index contributed by atoms with van der Waals surface area (Å²) in [6, 6.07) is 4.42. The fraction of sp³-hybridized carbons (Fsp3) is 0.0833. The van der Waals surface area contributed by atoms with E-state index in [1.165, 1.54) is 36.5 Å². The fourth-order valence-corrected chi connectivity index (χ4v) is 2.66. The second-order valence-corrected chi connectivity index (χ2v) is 4.90. The summed E-state index contributed by atoms with van der Waals surface area (Å²) in [6.07, 6.45) is 2.95. The number of hydrogen-bond donors (Lipinski definition) is 2. The molecule has 0 atom stereocenters. The average molecular weight is 276 g/mol. The lowest BCUT2D eigenvalue weighted by molar-refractivity contribution is 0.281. The van der Waals surface area contributed by atoms with Gasteiger partial charge in [-0.1, -0.05) is 11.8 Å². The van der Waals surface area contributed by atoms with Gasteiger partial charge in [0.1, 0.15) is 22.7 Å². The molecule has 5 nitrogen and oxygen atoms in total. The maximum Gasteiger partial charge on any atom is 0.181 e. The van der Waals surface area contributed by atoms with E-state index >= 15 is 0 Å². The van der Waals surface area contributed by atoms with E-state index in [0.717, 1.165) is 0 Å². The zero-order chi connectivity index (χ0) is 13.2. The molecule has 0 radical (unpaired) electrons. The summed E-state index contributed by atoms with van der Waals surface area (Å²) in [5.74, 6) is -0.385. The molecular weight excluding hydrogens is 267 g/mol. The van der Waals surface area contributed by atoms with Crippen LogP contribution in [-0.2, 0) is 6.61 Å². The second kappa shape index (κ2) is 4.94. The zero-order valence-corrected chi connectivity index (χ0v) is 10.5. The van der Waals surface area contributed by atoms with Crippen molar-refractivity contribution in [1.29, 1.82) is 0 Å². The fourth-order valence-electron chi connectivity index (χ4n) is 1.70. The van der Waals surface area contributed by atoms with E-state index in [1.807, 2.05) is 0 Å². The monoisotopic (exact) mass is 276 g/mol. The van der Waals surface area contributed by atoms with Crippen LogP contribution in [0.3, 0.4) is 0 Å². The highest BCUT2D eigenvalue weighted by Crippen LogP contribution is 2.30. The highest BCUT2D eigenvalue weighted by Gasteiger charge is 2.09. The molecule has 0 bridgehead atoms. The summed E-state index contributed by atoms with van der Waals surface area (Å²) >= 11 is 1.29. The van der Waals surface area contributed by atoms with Crippen LogP contribution in [0.1, 0.15) is 5.56 Å². The lowest BCUT2D eigenvalue weighted by Gasteiger charge is -2.04. The Morgan fingerprint density at radius 3 is 2.95 bits per heavy atom. The van der Waals surface area contributed by atoms with Crippen LogP contribution in [0, 0.1) is 5.82 Å². The molecule has 2 N–H and O–H groups in total. The number of benzene rings is 1. The van der Waals surface area contributed by atoms with Gasteiger partial charge in [0, 0.05) is 4.90 Å². The Hall–Kier alpha value is -1.99. The van der Waals surface area contributed by atoms with Crippen molar-refractivity contribution in [3.05, 3.63) is 42.2 Å². The molecule has 0 aliphatic rings. The number of nitrogens with zero attached hydrogens (tertiary/aromatic N) is 3. The number of fused-ring (bicyclic) bond motifs is 1. The van der Waals surface area contributed by atoms with E-state index in [2.05, 4.69) is 19.9 Å². The van der Waals surface area contributed by atoms with Gasteiger partial charge in [-0.05, 0) is 23.8 Å². The van der Waals surface area contributed by atoms with Crippen LogP contribution in [-0.4, -0.2) is 25.0 Å². The minimum atomic E-state index is -0.385. The van der Waals surface area contributed by atoms with Gasteiger partial charge in [0.2, 0.25) is 0 Å². The summed E-state index contributed by atoms with van der Waals surface area (Å²) in [5.41, 5.74) is 1.80. The molecule has 0 aliphatic heterocycles. The Kier molecular flexibility index (Phi) is 3.14. The third-order valence-electron chi connectivity index (χ3n) is 2.52. The number of hydrogen-bond acceptors (Lipinski definition) is 5. The lowest BCUT2D eigenvalue weighted by atomic mass is 10.2. The molecule has 0 amide bonds. The Bertz CT molecular complexity index is 731. The van der Waals surface area contributed by atoms with Crippen molar-refractivity contribution in [3.8, 4) is 0 Å². The second-order valence-electron chi connectivity index (χ2n) is 3.84. The summed E-state index contributed by atoms with van der Waals surface area (Å²) in [5, 5.41) is 9.74. The van der Waals surface area contributed by atoms with Gasteiger partial charge in [-0.25, -0.2) is 19.3 Å². The van der Waals surface area contributed by atoms with E-state index in [-0.39, 0.29) is 12.4 Å². The molecule has 0 saturated carbocycles. The van der Waals surface area contributed by atoms with Crippen molar-refractivity contribution in [1.82, 2.24) is 19.9 Å². The van der Waals surface area contributed by atoms with E-state index < -0.39 is 0 Å². The smallest absolute Gasteiger partial charge is 0.181 e. The Balaban J connectivity index is 2.01. The van der Waals surface area contributed by atoms with Crippen LogP contribution in [0.25, 0.3) is 11.2 Å². The Labute approximate surface area is 111 Å². The highest BCUT2D eigenvalue weighted by atomic mass is 32.2. The molecule has 2 aromatic heterocycles. The van der Waals surface area contributed by atoms with Gasteiger partial charge < -0.3 is 10.1 Å². The first-order valence-corrected chi connectivity index (χ1v) is 6.30. The van der Waals surface area contributed by atoms with Gasteiger partial charge in [0.15, 0.2) is 5.65 Å². The summed E-state index contributed by atoms with van der Waals surface area (Å²) in [7, 11) is 0. The Morgan fingerprint density at radius 1 is 1.21 bits per heavy atom. The zero-order valence-electron chi connectivity index (χ0n) is 9.67. The van der Waals surface area contributed by atoms with Crippen molar-refractivity contribution < 1.29 is 9.50 Å². The normalized spacial score (nSPS) is 11.1. The molecule has 1 aromatic carbocycles. The van der Waals surface area contributed by atoms with Crippen LogP contribution in [0.15, 0.2) is 40.8 Å². The number of rotatable bonds is 3. The van der Waals surface area contributed by atoms with E-state index in [4.69, 9.17) is 5.11 Å². The quantitative estimate of drug-likeness (QED) is 0.717. The molecule has 96 valence electrons. The first kappa shape index (κ1) is 12.1. The van der Waals surface area contributed by atoms with Gasteiger partial charge in [-0.2, -0.15) is 0 Å². The standard InChI is InChI=1S/C12H9FN4OS/c13-8-1-7(4-18)2-9(3-8)19-12-10-11(15-5-14-10)16-6-17-12/h1-3,5-6,18H,4H2,(H,14,15,16,17). The molecule has 3 aromatic rings. The van der Waals surface area contributed by atoms with Crippen molar-refractivity contribution in [2.24, 2.45) is 0 Å². The first-order valence-electron chi connectivity index (χ1n) is 5.48. The maximum absolute atomic E-state index is 13.4. The lowest BCUT2D eigenvalue weighted by Crippen LogP contribution is -1.89. The molecule has 3 rings (SSSR count). The maximum atomic E-state index is 13.4. The summed E-state index contributed by atoms with van der Waals surface area (Å²) in [4.78, 5) is 15.8. The molecule has 19 heavy (non-hydrogen) atoms. The predicted octanol–water partition coefficient (Wildman–Crippen LogP) is 2.14. The highest BCUT2D eigenvalue weighted by molar-refractivity contribution is 7.99. The first-order chi connectivity index (χ1) is 9.26. The van der Waals surface area contributed by atoms with Gasteiger partial charge in [-0.3, -0.25) is 0 Å². The molecule has 0 saturated heterocycles. The average Bonchev–Trinajstić information content (AvgIpc) is 2.87. The molecule has 0 unspecified atom stereocenters. The van der Waals surface area contributed by atoms with E-state index in [1.54, 1.807) is 6.07 Å². The molecule has 2 heterocycles. The molecule has 0 spiro atoms. The SMILES string of the molecule is OCc1cc(F)cc(Sc2ncnc3nc[nH]c23)c1. The van der Waals surface area contributed by atoms with Gasteiger partial charge in [0.05, 0.1) is 12.9 Å². The number of nitrogens with one attached hydrogen (secondary N) is 1. The number of aromatic amines is 1. The molecule has 0 aliphatic carbocycles. The topological polar surface area (TPSA) is 74.7 Å². The van der Waals surface area contributed by atoms with E-state index in [9.17, 15) is 4.39 Å².